The van der Waals surface area contributed by atoms with Crippen LogP contribution < -0.4 is 5.32 Å². The van der Waals surface area contributed by atoms with Crippen LogP contribution in [0.4, 0.5) is 4.79 Å². The van der Waals surface area contributed by atoms with Gasteiger partial charge in [0.25, 0.3) is 0 Å². The quantitative estimate of drug-likeness (QED) is 0.848. The van der Waals surface area contributed by atoms with Crippen LogP contribution in [0.5, 0.6) is 0 Å². The van der Waals surface area contributed by atoms with Crippen LogP contribution in [-0.4, -0.2) is 57.7 Å². The van der Waals surface area contributed by atoms with Gasteiger partial charge in [0.1, 0.15) is 6.04 Å². The molecule has 2 aromatic rings. The summed E-state index contributed by atoms with van der Waals surface area (Å²) < 4.78 is 1.94. The number of aryl methyl sites for hydroxylation is 1. The third kappa shape index (κ3) is 3.91. The molecule has 1 aliphatic heterocycles. The second kappa shape index (κ2) is 8.41. The van der Waals surface area contributed by atoms with Crippen molar-refractivity contribution in [1.82, 2.24) is 24.9 Å². The summed E-state index contributed by atoms with van der Waals surface area (Å²) in [7, 11) is 1.81. The van der Waals surface area contributed by atoms with Crippen LogP contribution in [0.1, 0.15) is 38.8 Å². The molecular formula is C20H29N5O2. The number of unbranched alkanes of at least 4 members (excludes halogenated alkanes) is 1. The van der Waals surface area contributed by atoms with Crippen molar-refractivity contribution in [1.29, 1.82) is 0 Å². The first kappa shape index (κ1) is 19.2. The highest BCUT2D eigenvalue weighted by Gasteiger charge is 2.35. The van der Waals surface area contributed by atoms with E-state index in [1.807, 2.05) is 28.9 Å². The number of carbonyl (C=O) groups is 2. The van der Waals surface area contributed by atoms with Gasteiger partial charge < -0.3 is 15.1 Å². The number of aromatic nitrogens is 2. The number of fused-ring (bicyclic) bond motifs is 1. The summed E-state index contributed by atoms with van der Waals surface area (Å²) in [5.41, 5.74) is 1.92. The van der Waals surface area contributed by atoms with E-state index in [-0.39, 0.29) is 18.0 Å². The second-order valence-corrected chi connectivity index (χ2v) is 7.05. The standard InChI is InChI=1S/C20H29N5O2/c1-4-6-10-18-19(26)23(3)12-13-24(18)20(27)21-14-16-15-9-7-8-11-17(15)25(5-2)22-16/h7-9,11,18H,4-6,10,12-14H2,1-3H3,(H,21,27). The number of nitrogens with zero attached hydrogens (tertiary/aromatic N) is 4. The summed E-state index contributed by atoms with van der Waals surface area (Å²) in [6.07, 6.45) is 2.64. The third-order valence-electron chi connectivity index (χ3n) is 5.25. The fourth-order valence-corrected chi connectivity index (χ4v) is 3.66. The number of likely N-dealkylation sites (N-methyl/N-ethyl adjacent to an activating group) is 1. The van der Waals surface area contributed by atoms with Gasteiger partial charge in [-0.05, 0) is 19.4 Å². The molecule has 0 bridgehead atoms. The monoisotopic (exact) mass is 371 g/mol. The van der Waals surface area contributed by atoms with Gasteiger partial charge >= 0.3 is 6.03 Å². The number of hydrogen-bond donors (Lipinski definition) is 1. The average molecular weight is 371 g/mol. The lowest BCUT2D eigenvalue weighted by Gasteiger charge is -2.39. The number of carbonyl (C=O) groups excluding carboxylic acids is 2. The predicted octanol–water partition coefficient (Wildman–Crippen LogP) is 2.60. The smallest absolute Gasteiger partial charge is 0.318 e. The summed E-state index contributed by atoms with van der Waals surface area (Å²) in [6, 6.07) is 7.49. The van der Waals surface area contributed by atoms with Crippen molar-refractivity contribution in [2.75, 3.05) is 20.1 Å². The van der Waals surface area contributed by atoms with Gasteiger partial charge in [-0.25, -0.2) is 4.79 Å². The highest BCUT2D eigenvalue weighted by atomic mass is 16.2. The summed E-state index contributed by atoms with van der Waals surface area (Å²) >= 11 is 0. The van der Waals surface area contributed by atoms with Crippen LogP contribution in [0.15, 0.2) is 24.3 Å². The van der Waals surface area contributed by atoms with E-state index in [0.717, 1.165) is 36.0 Å². The number of piperazine rings is 1. The Labute approximate surface area is 160 Å². The van der Waals surface area contributed by atoms with E-state index in [1.165, 1.54) is 0 Å². The third-order valence-corrected chi connectivity index (χ3v) is 5.25. The number of nitrogens with one attached hydrogen (secondary N) is 1. The lowest BCUT2D eigenvalue weighted by Crippen LogP contribution is -2.59. The highest BCUT2D eigenvalue weighted by molar-refractivity contribution is 5.88. The molecule has 0 saturated carbocycles. The normalized spacial score (nSPS) is 17.6. The van der Waals surface area contributed by atoms with Crippen LogP contribution in [0.2, 0.25) is 0 Å². The maximum absolute atomic E-state index is 12.8. The van der Waals surface area contributed by atoms with Gasteiger partial charge in [0, 0.05) is 32.1 Å². The Kier molecular flexibility index (Phi) is 5.98. The molecule has 3 amide bonds. The molecule has 1 unspecified atom stereocenters. The van der Waals surface area contributed by atoms with Gasteiger partial charge in [-0.3, -0.25) is 9.48 Å². The largest absolute Gasteiger partial charge is 0.342 e. The van der Waals surface area contributed by atoms with Crippen molar-refractivity contribution in [3.05, 3.63) is 30.0 Å². The van der Waals surface area contributed by atoms with Crippen LogP contribution in [0.3, 0.4) is 0 Å². The van der Waals surface area contributed by atoms with Gasteiger partial charge in [0.15, 0.2) is 0 Å². The Hall–Kier alpha value is -2.57. The first-order valence-electron chi connectivity index (χ1n) is 9.80. The zero-order valence-corrected chi connectivity index (χ0v) is 16.4. The van der Waals surface area contributed by atoms with Gasteiger partial charge in [0.2, 0.25) is 5.91 Å². The van der Waals surface area contributed by atoms with Crippen LogP contribution >= 0.6 is 0 Å². The zero-order chi connectivity index (χ0) is 19.4. The fourth-order valence-electron chi connectivity index (χ4n) is 3.66. The van der Waals surface area contributed by atoms with Crippen molar-refractivity contribution in [2.45, 2.75) is 52.2 Å². The summed E-state index contributed by atoms with van der Waals surface area (Å²) in [5.74, 6) is 0.0329. The molecule has 0 spiro atoms. The van der Waals surface area contributed by atoms with E-state index < -0.39 is 0 Å². The molecule has 146 valence electrons. The Morgan fingerprint density at radius 3 is 2.78 bits per heavy atom. The first-order chi connectivity index (χ1) is 13.1. The average Bonchev–Trinajstić information content (AvgIpc) is 3.05. The fraction of sp³-hybridized carbons (Fsp3) is 0.550. The first-order valence-corrected chi connectivity index (χ1v) is 9.80. The van der Waals surface area contributed by atoms with Crippen molar-refractivity contribution >= 4 is 22.8 Å². The predicted molar refractivity (Wildman–Crippen MR) is 105 cm³/mol. The lowest BCUT2D eigenvalue weighted by molar-refractivity contribution is -0.138. The molecule has 1 aliphatic rings. The molecule has 7 nitrogen and oxygen atoms in total. The summed E-state index contributed by atoms with van der Waals surface area (Å²) in [6.45, 7) is 6.41. The Bertz CT molecular complexity index is 816. The minimum atomic E-state index is -0.367. The minimum absolute atomic E-state index is 0.0329. The molecule has 0 aliphatic carbocycles. The molecule has 1 aromatic carbocycles. The van der Waals surface area contributed by atoms with Crippen molar-refractivity contribution in [2.24, 2.45) is 0 Å². The maximum atomic E-state index is 12.8. The molecule has 1 aromatic heterocycles. The zero-order valence-electron chi connectivity index (χ0n) is 16.4. The Morgan fingerprint density at radius 2 is 2.04 bits per heavy atom. The SMILES string of the molecule is CCCCC1C(=O)N(C)CCN1C(=O)NCc1nn(CC)c2ccccc12. The van der Waals surface area contributed by atoms with E-state index in [2.05, 4.69) is 24.3 Å². The van der Waals surface area contributed by atoms with E-state index in [4.69, 9.17) is 0 Å². The summed E-state index contributed by atoms with van der Waals surface area (Å²) in [5, 5.41) is 8.66. The second-order valence-electron chi connectivity index (χ2n) is 7.05. The van der Waals surface area contributed by atoms with E-state index in [1.54, 1.807) is 16.8 Å². The molecule has 1 N–H and O–H groups in total. The molecule has 1 atom stereocenters. The van der Waals surface area contributed by atoms with Crippen LogP contribution in [0.25, 0.3) is 10.9 Å². The van der Waals surface area contributed by atoms with Crippen molar-refractivity contribution < 1.29 is 9.59 Å². The molecule has 2 heterocycles. The van der Waals surface area contributed by atoms with E-state index in [9.17, 15) is 9.59 Å². The molecule has 7 heteroatoms. The van der Waals surface area contributed by atoms with Crippen molar-refractivity contribution in [3.8, 4) is 0 Å². The topological polar surface area (TPSA) is 70.5 Å². The van der Waals surface area contributed by atoms with Crippen molar-refractivity contribution in [3.63, 3.8) is 0 Å². The number of benzene rings is 1. The van der Waals surface area contributed by atoms with Gasteiger partial charge in [-0.1, -0.05) is 38.0 Å². The number of rotatable bonds is 6. The molecule has 3 rings (SSSR count). The van der Waals surface area contributed by atoms with Gasteiger partial charge in [-0.15, -0.1) is 0 Å². The number of hydrogen-bond acceptors (Lipinski definition) is 3. The number of urea groups is 1. The summed E-state index contributed by atoms with van der Waals surface area (Å²) in [4.78, 5) is 28.8. The number of amides is 3. The molecule has 27 heavy (non-hydrogen) atoms. The highest BCUT2D eigenvalue weighted by Crippen LogP contribution is 2.19. The van der Waals surface area contributed by atoms with Gasteiger partial charge in [-0.2, -0.15) is 5.10 Å². The molecular weight excluding hydrogens is 342 g/mol. The lowest BCUT2D eigenvalue weighted by atomic mass is 10.0. The van der Waals surface area contributed by atoms with E-state index in [0.29, 0.717) is 26.1 Å². The minimum Gasteiger partial charge on any atom is -0.342 e. The van der Waals surface area contributed by atoms with Gasteiger partial charge in [0.05, 0.1) is 17.8 Å². The Morgan fingerprint density at radius 1 is 1.26 bits per heavy atom. The molecule has 0 radical (unpaired) electrons. The van der Waals surface area contributed by atoms with Crippen LogP contribution in [0, 0.1) is 0 Å². The molecule has 1 saturated heterocycles. The van der Waals surface area contributed by atoms with E-state index >= 15 is 0 Å². The van der Waals surface area contributed by atoms with Crippen LogP contribution in [-0.2, 0) is 17.9 Å². The maximum Gasteiger partial charge on any atom is 0.318 e. The number of para-hydroxylation sites is 1. The Balaban J connectivity index is 1.72. The molecule has 1 fully saturated rings.